The Hall–Kier alpha value is -0.643. The molecule has 21 heavy (non-hydrogen) atoms. The molecule has 0 bridgehead atoms. The molecule has 0 heterocycles. The lowest BCUT2D eigenvalue weighted by Gasteiger charge is -2.52. The molecule has 0 saturated heterocycles. The molecule has 2 nitrogen and oxygen atoms in total. The summed E-state index contributed by atoms with van der Waals surface area (Å²) < 4.78 is 5.79. The molecule has 2 rings (SSSR count). The van der Waals surface area contributed by atoms with Crippen molar-refractivity contribution in [3.8, 4) is 0 Å². The highest BCUT2D eigenvalue weighted by molar-refractivity contribution is 6.88. The standard InChI is InChI=1S/C18H31NOSi/c1-7-20-17-12-16(18(17,2)3)19-13-14-8-10-15(11-9-14)21(4,5)6/h8-11,16-17,19H,7,12-13H2,1-6H3. The van der Waals surface area contributed by atoms with E-state index < -0.39 is 8.07 Å². The van der Waals surface area contributed by atoms with E-state index in [9.17, 15) is 0 Å². The van der Waals surface area contributed by atoms with Crippen LogP contribution in [-0.4, -0.2) is 26.8 Å². The third kappa shape index (κ3) is 3.76. The van der Waals surface area contributed by atoms with Gasteiger partial charge in [0, 0.05) is 24.6 Å². The van der Waals surface area contributed by atoms with Crippen molar-refractivity contribution in [3.05, 3.63) is 29.8 Å². The second-order valence-electron chi connectivity index (χ2n) is 7.88. The Bertz CT molecular complexity index is 461. The molecule has 1 aromatic rings. The maximum atomic E-state index is 5.79. The SMILES string of the molecule is CCOC1CC(NCc2ccc([Si](C)(C)C)cc2)C1(C)C. The largest absolute Gasteiger partial charge is 0.378 e. The molecule has 0 spiro atoms. The lowest BCUT2D eigenvalue weighted by atomic mass is 9.64. The summed E-state index contributed by atoms with van der Waals surface area (Å²) >= 11 is 0. The maximum absolute atomic E-state index is 5.79. The summed E-state index contributed by atoms with van der Waals surface area (Å²) in [5.74, 6) is 0. The maximum Gasteiger partial charge on any atom is 0.0775 e. The zero-order valence-electron chi connectivity index (χ0n) is 14.5. The predicted molar refractivity (Wildman–Crippen MR) is 93.9 cm³/mol. The molecule has 0 aliphatic heterocycles. The Morgan fingerprint density at radius 3 is 2.29 bits per heavy atom. The van der Waals surface area contributed by atoms with Crippen LogP contribution in [0.5, 0.6) is 0 Å². The molecule has 1 aliphatic carbocycles. The summed E-state index contributed by atoms with van der Waals surface area (Å²) in [4.78, 5) is 0. The summed E-state index contributed by atoms with van der Waals surface area (Å²) in [5.41, 5.74) is 1.63. The number of nitrogens with one attached hydrogen (secondary N) is 1. The first-order valence-electron chi connectivity index (χ1n) is 8.19. The Kier molecular flexibility index (Phi) is 4.96. The van der Waals surface area contributed by atoms with E-state index in [1.54, 1.807) is 0 Å². The van der Waals surface area contributed by atoms with Crippen molar-refractivity contribution in [3.63, 3.8) is 0 Å². The van der Waals surface area contributed by atoms with Crippen molar-refractivity contribution in [1.82, 2.24) is 5.32 Å². The van der Waals surface area contributed by atoms with Gasteiger partial charge in [0.1, 0.15) is 0 Å². The van der Waals surface area contributed by atoms with Crippen LogP contribution in [0.2, 0.25) is 19.6 Å². The Labute approximate surface area is 131 Å². The highest BCUT2D eigenvalue weighted by Crippen LogP contribution is 2.42. The Balaban J connectivity index is 1.87. The molecule has 1 N–H and O–H groups in total. The van der Waals surface area contributed by atoms with Crippen molar-refractivity contribution < 1.29 is 4.74 Å². The topological polar surface area (TPSA) is 21.3 Å². The summed E-state index contributed by atoms with van der Waals surface area (Å²) in [7, 11) is -1.18. The number of benzene rings is 1. The van der Waals surface area contributed by atoms with E-state index in [0.29, 0.717) is 12.1 Å². The molecule has 118 valence electrons. The summed E-state index contributed by atoms with van der Waals surface area (Å²) in [6.45, 7) is 15.7. The number of hydrogen-bond acceptors (Lipinski definition) is 2. The van der Waals surface area contributed by atoms with Crippen LogP contribution in [0.4, 0.5) is 0 Å². The minimum Gasteiger partial charge on any atom is -0.378 e. The number of rotatable bonds is 6. The molecule has 3 heteroatoms. The molecule has 2 unspecified atom stereocenters. The third-order valence-electron chi connectivity index (χ3n) is 4.92. The minimum atomic E-state index is -1.18. The van der Waals surface area contributed by atoms with Gasteiger partial charge in [-0.05, 0) is 18.9 Å². The van der Waals surface area contributed by atoms with Crippen molar-refractivity contribution in [2.75, 3.05) is 6.61 Å². The lowest BCUT2D eigenvalue weighted by molar-refractivity contribution is -0.114. The van der Waals surface area contributed by atoms with Crippen molar-refractivity contribution >= 4 is 13.3 Å². The van der Waals surface area contributed by atoms with Gasteiger partial charge in [-0.2, -0.15) is 0 Å². The second kappa shape index (κ2) is 6.23. The first kappa shape index (κ1) is 16.7. The van der Waals surface area contributed by atoms with Gasteiger partial charge in [0.05, 0.1) is 14.2 Å². The molecular weight excluding hydrogens is 274 g/mol. The number of ether oxygens (including phenoxy) is 1. The highest BCUT2D eigenvalue weighted by atomic mass is 28.3. The Morgan fingerprint density at radius 1 is 1.19 bits per heavy atom. The molecule has 2 atom stereocenters. The van der Waals surface area contributed by atoms with E-state index in [1.165, 1.54) is 10.8 Å². The fourth-order valence-electron chi connectivity index (χ4n) is 3.08. The van der Waals surface area contributed by atoms with Crippen molar-refractivity contribution in [2.45, 2.75) is 65.5 Å². The first-order valence-corrected chi connectivity index (χ1v) is 11.7. The van der Waals surface area contributed by atoms with Gasteiger partial charge in [-0.3, -0.25) is 0 Å². The van der Waals surface area contributed by atoms with Gasteiger partial charge in [0.2, 0.25) is 0 Å². The number of hydrogen-bond donors (Lipinski definition) is 1. The van der Waals surface area contributed by atoms with E-state index in [-0.39, 0.29) is 5.41 Å². The van der Waals surface area contributed by atoms with Gasteiger partial charge in [-0.1, -0.05) is 62.9 Å². The average molecular weight is 306 g/mol. The quantitative estimate of drug-likeness (QED) is 0.812. The molecule has 1 fully saturated rings. The van der Waals surface area contributed by atoms with Gasteiger partial charge in [-0.15, -0.1) is 0 Å². The second-order valence-corrected chi connectivity index (χ2v) is 13.0. The van der Waals surface area contributed by atoms with Crippen LogP contribution >= 0.6 is 0 Å². The molecule has 1 aliphatic rings. The molecular formula is C18H31NOSi. The molecule has 0 radical (unpaired) electrons. The lowest BCUT2D eigenvalue weighted by Crippen LogP contribution is -2.60. The summed E-state index contributed by atoms with van der Waals surface area (Å²) in [6.07, 6.45) is 1.54. The minimum absolute atomic E-state index is 0.244. The van der Waals surface area contributed by atoms with Crippen LogP contribution in [0.25, 0.3) is 0 Å². The molecule has 0 aromatic heterocycles. The Morgan fingerprint density at radius 2 is 1.81 bits per heavy atom. The summed E-state index contributed by atoms with van der Waals surface area (Å²) in [5, 5.41) is 5.24. The van der Waals surface area contributed by atoms with Crippen molar-refractivity contribution in [1.29, 1.82) is 0 Å². The van der Waals surface area contributed by atoms with Crippen LogP contribution in [0.1, 0.15) is 32.8 Å². The van der Waals surface area contributed by atoms with Crippen LogP contribution in [0, 0.1) is 5.41 Å². The van der Waals surface area contributed by atoms with E-state index in [2.05, 4.69) is 70.0 Å². The third-order valence-corrected chi connectivity index (χ3v) is 6.98. The van der Waals surface area contributed by atoms with Crippen LogP contribution < -0.4 is 10.5 Å². The smallest absolute Gasteiger partial charge is 0.0775 e. The fraction of sp³-hybridized carbons (Fsp3) is 0.667. The van der Waals surface area contributed by atoms with E-state index in [4.69, 9.17) is 4.74 Å². The van der Waals surface area contributed by atoms with Crippen molar-refractivity contribution in [2.24, 2.45) is 5.41 Å². The normalized spacial score (nSPS) is 24.7. The molecule has 1 aromatic carbocycles. The van der Waals surface area contributed by atoms with Gasteiger partial charge in [-0.25, -0.2) is 0 Å². The zero-order chi connectivity index (χ0) is 15.7. The van der Waals surface area contributed by atoms with E-state index in [1.807, 2.05) is 0 Å². The highest BCUT2D eigenvalue weighted by Gasteiger charge is 2.48. The van der Waals surface area contributed by atoms with Gasteiger partial charge in [0.15, 0.2) is 0 Å². The van der Waals surface area contributed by atoms with Crippen LogP contribution in [0.3, 0.4) is 0 Å². The average Bonchev–Trinajstić information content (AvgIpc) is 2.41. The van der Waals surface area contributed by atoms with Gasteiger partial charge in [0.25, 0.3) is 0 Å². The predicted octanol–water partition coefficient (Wildman–Crippen LogP) is 3.53. The summed E-state index contributed by atoms with van der Waals surface area (Å²) in [6, 6.07) is 9.76. The zero-order valence-corrected chi connectivity index (χ0v) is 15.5. The fourth-order valence-corrected chi connectivity index (χ4v) is 4.25. The van der Waals surface area contributed by atoms with Crippen LogP contribution in [-0.2, 0) is 11.3 Å². The van der Waals surface area contributed by atoms with Gasteiger partial charge < -0.3 is 10.1 Å². The monoisotopic (exact) mass is 305 g/mol. The molecule has 0 amide bonds. The first-order chi connectivity index (χ1) is 9.75. The molecule has 1 saturated carbocycles. The van der Waals surface area contributed by atoms with Crippen LogP contribution in [0.15, 0.2) is 24.3 Å². The van der Waals surface area contributed by atoms with E-state index >= 15 is 0 Å². The van der Waals surface area contributed by atoms with E-state index in [0.717, 1.165) is 19.6 Å². The van der Waals surface area contributed by atoms with Gasteiger partial charge >= 0.3 is 0 Å².